The predicted octanol–water partition coefficient (Wildman–Crippen LogP) is 1.77. The lowest BCUT2D eigenvalue weighted by Crippen LogP contribution is -2.17. The molecule has 0 aliphatic carbocycles. The van der Waals surface area contributed by atoms with Gasteiger partial charge in [-0.05, 0) is 18.1 Å². The number of carbonyl (C=O) groups is 1. The van der Waals surface area contributed by atoms with Crippen LogP contribution in [-0.2, 0) is 4.79 Å². The molecule has 0 saturated carbocycles. The van der Waals surface area contributed by atoms with Crippen molar-refractivity contribution >= 4 is 16.8 Å². The van der Waals surface area contributed by atoms with Crippen LogP contribution in [0.3, 0.4) is 0 Å². The van der Waals surface area contributed by atoms with E-state index in [9.17, 15) is 4.79 Å². The molecule has 0 bridgehead atoms. The molecule has 1 unspecified atom stereocenters. The van der Waals surface area contributed by atoms with Crippen LogP contribution in [0.5, 0.6) is 0 Å². The summed E-state index contributed by atoms with van der Waals surface area (Å²) in [7, 11) is 0. The summed E-state index contributed by atoms with van der Waals surface area (Å²) in [6, 6.07) is 8.10. The summed E-state index contributed by atoms with van der Waals surface area (Å²) in [5.74, 6) is 0.181. The largest absolute Gasteiger partial charge is 0.361 e. The molecule has 3 nitrogen and oxygen atoms in total. The third-order valence-corrected chi connectivity index (χ3v) is 3.05. The van der Waals surface area contributed by atoms with Gasteiger partial charge in [-0.3, -0.25) is 4.79 Å². The molecule has 1 aromatic carbocycles. The molecule has 1 aliphatic heterocycles. The van der Waals surface area contributed by atoms with Gasteiger partial charge in [0, 0.05) is 23.6 Å². The average molecular weight is 200 g/mol. The van der Waals surface area contributed by atoms with Gasteiger partial charge < -0.3 is 10.3 Å². The van der Waals surface area contributed by atoms with E-state index in [1.54, 1.807) is 0 Å². The topological polar surface area (TPSA) is 44.9 Å². The minimum Gasteiger partial charge on any atom is -0.361 e. The fourth-order valence-electron chi connectivity index (χ4n) is 2.27. The Morgan fingerprint density at radius 1 is 1.27 bits per heavy atom. The smallest absolute Gasteiger partial charge is 0.227 e. The minimum absolute atomic E-state index is 0.0288. The zero-order chi connectivity index (χ0) is 10.3. The van der Waals surface area contributed by atoms with Crippen molar-refractivity contribution in [3.05, 3.63) is 36.0 Å². The highest BCUT2D eigenvalue weighted by Crippen LogP contribution is 2.29. The van der Waals surface area contributed by atoms with Crippen molar-refractivity contribution in [2.75, 3.05) is 6.54 Å². The van der Waals surface area contributed by atoms with Crippen LogP contribution in [-0.4, -0.2) is 17.4 Å². The zero-order valence-corrected chi connectivity index (χ0v) is 8.29. The summed E-state index contributed by atoms with van der Waals surface area (Å²) in [6.45, 7) is 0.795. The quantitative estimate of drug-likeness (QED) is 0.724. The number of benzene rings is 1. The number of amides is 1. The Morgan fingerprint density at radius 3 is 2.93 bits per heavy atom. The third kappa shape index (κ3) is 1.23. The summed E-state index contributed by atoms with van der Waals surface area (Å²) in [6.07, 6.45) is 2.86. The Labute approximate surface area is 87.5 Å². The van der Waals surface area contributed by atoms with Gasteiger partial charge in [-0.15, -0.1) is 0 Å². The standard InChI is InChI=1S/C12H12N2O/c15-12-9(5-6-13-12)10-7-14-11-4-2-1-3-8(10)11/h1-4,7,9,14H,5-6H2,(H,13,15). The van der Waals surface area contributed by atoms with E-state index in [0.29, 0.717) is 0 Å². The SMILES string of the molecule is O=C1NCCC1c1c[nH]c2ccccc12. The zero-order valence-electron chi connectivity index (χ0n) is 8.29. The Hall–Kier alpha value is -1.77. The van der Waals surface area contributed by atoms with E-state index < -0.39 is 0 Å². The van der Waals surface area contributed by atoms with Crippen molar-refractivity contribution in [2.45, 2.75) is 12.3 Å². The molecule has 76 valence electrons. The van der Waals surface area contributed by atoms with Gasteiger partial charge in [-0.2, -0.15) is 0 Å². The third-order valence-electron chi connectivity index (χ3n) is 3.05. The average Bonchev–Trinajstić information content (AvgIpc) is 2.83. The molecule has 2 heterocycles. The number of nitrogens with one attached hydrogen (secondary N) is 2. The number of hydrogen-bond donors (Lipinski definition) is 2. The highest BCUT2D eigenvalue weighted by atomic mass is 16.2. The van der Waals surface area contributed by atoms with E-state index in [1.165, 1.54) is 5.39 Å². The maximum absolute atomic E-state index is 11.6. The number of hydrogen-bond acceptors (Lipinski definition) is 1. The van der Waals surface area contributed by atoms with Crippen LogP contribution in [0.2, 0.25) is 0 Å². The number of fused-ring (bicyclic) bond motifs is 1. The van der Waals surface area contributed by atoms with Crippen LogP contribution < -0.4 is 5.32 Å². The molecule has 1 fully saturated rings. The van der Waals surface area contributed by atoms with Crippen molar-refractivity contribution in [1.82, 2.24) is 10.3 Å². The number of H-pyrrole nitrogens is 1. The molecule has 0 spiro atoms. The maximum Gasteiger partial charge on any atom is 0.227 e. The number of rotatable bonds is 1. The van der Waals surface area contributed by atoms with Crippen LogP contribution in [0, 0.1) is 0 Å². The van der Waals surface area contributed by atoms with Crippen molar-refractivity contribution in [3.8, 4) is 0 Å². The van der Waals surface area contributed by atoms with Crippen molar-refractivity contribution < 1.29 is 4.79 Å². The Bertz CT molecular complexity index is 515. The van der Waals surface area contributed by atoms with Gasteiger partial charge in [0.05, 0.1) is 5.92 Å². The molecule has 0 radical (unpaired) electrons. The van der Waals surface area contributed by atoms with Gasteiger partial charge in [-0.1, -0.05) is 18.2 Å². The second kappa shape index (κ2) is 3.12. The first-order valence-electron chi connectivity index (χ1n) is 5.20. The number of carbonyl (C=O) groups excluding carboxylic acids is 1. The van der Waals surface area contributed by atoms with Crippen molar-refractivity contribution in [2.24, 2.45) is 0 Å². The molecule has 1 aromatic heterocycles. The summed E-state index contributed by atoms with van der Waals surface area (Å²) in [5, 5.41) is 4.04. The van der Waals surface area contributed by atoms with Gasteiger partial charge in [0.15, 0.2) is 0 Å². The molecule has 1 amide bonds. The molecule has 1 atom stereocenters. The number of para-hydroxylation sites is 1. The molecular weight excluding hydrogens is 188 g/mol. The first kappa shape index (κ1) is 8.53. The van der Waals surface area contributed by atoms with E-state index in [4.69, 9.17) is 0 Å². The lowest BCUT2D eigenvalue weighted by atomic mass is 9.97. The summed E-state index contributed by atoms with van der Waals surface area (Å²) in [4.78, 5) is 14.8. The van der Waals surface area contributed by atoms with Gasteiger partial charge in [0.25, 0.3) is 0 Å². The lowest BCUT2D eigenvalue weighted by Gasteiger charge is -2.04. The van der Waals surface area contributed by atoms with Crippen LogP contribution in [0.1, 0.15) is 17.9 Å². The fourth-order valence-corrected chi connectivity index (χ4v) is 2.27. The number of aromatic amines is 1. The second-order valence-corrected chi connectivity index (χ2v) is 3.92. The molecule has 15 heavy (non-hydrogen) atoms. The first-order valence-corrected chi connectivity index (χ1v) is 5.20. The van der Waals surface area contributed by atoms with Crippen LogP contribution >= 0.6 is 0 Å². The summed E-state index contributed by atoms with van der Waals surface area (Å²) < 4.78 is 0. The van der Waals surface area contributed by atoms with Crippen LogP contribution in [0.4, 0.5) is 0 Å². The molecule has 1 saturated heterocycles. The first-order chi connectivity index (χ1) is 7.36. The van der Waals surface area contributed by atoms with Gasteiger partial charge in [-0.25, -0.2) is 0 Å². The maximum atomic E-state index is 11.6. The fraction of sp³-hybridized carbons (Fsp3) is 0.250. The highest BCUT2D eigenvalue weighted by Gasteiger charge is 2.27. The van der Waals surface area contributed by atoms with Crippen LogP contribution in [0.25, 0.3) is 10.9 Å². The van der Waals surface area contributed by atoms with E-state index in [2.05, 4.69) is 16.4 Å². The van der Waals surface area contributed by atoms with Gasteiger partial charge in [0.1, 0.15) is 0 Å². The monoisotopic (exact) mass is 200 g/mol. The Morgan fingerprint density at radius 2 is 2.13 bits per heavy atom. The molecule has 2 aromatic rings. The van der Waals surface area contributed by atoms with E-state index in [0.717, 1.165) is 24.0 Å². The normalized spacial score (nSPS) is 20.8. The molecule has 3 heteroatoms. The molecule has 1 aliphatic rings. The van der Waals surface area contributed by atoms with Crippen molar-refractivity contribution in [3.63, 3.8) is 0 Å². The number of aromatic nitrogens is 1. The minimum atomic E-state index is 0.0288. The van der Waals surface area contributed by atoms with E-state index in [-0.39, 0.29) is 11.8 Å². The molecular formula is C12H12N2O. The van der Waals surface area contributed by atoms with E-state index >= 15 is 0 Å². The summed E-state index contributed by atoms with van der Waals surface area (Å²) in [5.41, 5.74) is 2.23. The van der Waals surface area contributed by atoms with E-state index in [1.807, 2.05) is 24.4 Å². The summed E-state index contributed by atoms with van der Waals surface area (Å²) >= 11 is 0. The Kier molecular flexibility index (Phi) is 1.78. The highest BCUT2D eigenvalue weighted by molar-refractivity contribution is 5.93. The lowest BCUT2D eigenvalue weighted by molar-refractivity contribution is -0.120. The Balaban J connectivity index is 2.14. The molecule has 3 rings (SSSR count). The second-order valence-electron chi connectivity index (χ2n) is 3.92. The van der Waals surface area contributed by atoms with Gasteiger partial charge >= 0.3 is 0 Å². The molecule has 2 N–H and O–H groups in total. The predicted molar refractivity (Wildman–Crippen MR) is 58.7 cm³/mol. The van der Waals surface area contributed by atoms with Crippen molar-refractivity contribution in [1.29, 1.82) is 0 Å². The van der Waals surface area contributed by atoms with Gasteiger partial charge in [0.2, 0.25) is 5.91 Å². The van der Waals surface area contributed by atoms with Crippen LogP contribution in [0.15, 0.2) is 30.5 Å².